The SMILES string of the molecule is CC(=O)Nc1ccc(C(=O)NC(Cc2ccc(O)cc2)C(=O)NCCC#N)cc1. The molecule has 3 amide bonds. The minimum atomic E-state index is -0.860. The van der Waals surface area contributed by atoms with E-state index < -0.39 is 17.9 Å². The van der Waals surface area contributed by atoms with Crippen molar-refractivity contribution in [2.75, 3.05) is 11.9 Å². The lowest BCUT2D eigenvalue weighted by Crippen LogP contribution is -2.48. The first-order valence-electron chi connectivity index (χ1n) is 9.00. The van der Waals surface area contributed by atoms with Gasteiger partial charge in [0.2, 0.25) is 11.8 Å². The largest absolute Gasteiger partial charge is 0.508 e. The Labute approximate surface area is 168 Å². The number of hydrogen-bond donors (Lipinski definition) is 4. The summed E-state index contributed by atoms with van der Waals surface area (Å²) in [6.45, 7) is 1.57. The summed E-state index contributed by atoms with van der Waals surface area (Å²) < 4.78 is 0. The number of phenols is 1. The van der Waals surface area contributed by atoms with Crippen molar-refractivity contribution in [3.8, 4) is 11.8 Å². The summed E-state index contributed by atoms with van der Waals surface area (Å²) in [5, 5.41) is 26.0. The monoisotopic (exact) mass is 394 g/mol. The second-order valence-electron chi connectivity index (χ2n) is 6.35. The van der Waals surface area contributed by atoms with E-state index in [1.807, 2.05) is 6.07 Å². The van der Waals surface area contributed by atoms with Gasteiger partial charge in [0.1, 0.15) is 11.8 Å². The van der Waals surface area contributed by atoms with Crippen molar-refractivity contribution in [3.05, 3.63) is 59.7 Å². The average molecular weight is 394 g/mol. The third kappa shape index (κ3) is 6.99. The molecule has 2 aromatic carbocycles. The van der Waals surface area contributed by atoms with Crippen LogP contribution in [0.5, 0.6) is 5.75 Å². The van der Waals surface area contributed by atoms with Crippen LogP contribution in [0.4, 0.5) is 5.69 Å². The number of benzene rings is 2. The fraction of sp³-hybridized carbons (Fsp3) is 0.238. The first-order chi connectivity index (χ1) is 13.9. The van der Waals surface area contributed by atoms with Gasteiger partial charge in [0.05, 0.1) is 12.5 Å². The average Bonchev–Trinajstić information content (AvgIpc) is 2.69. The van der Waals surface area contributed by atoms with Gasteiger partial charge in [-0.3, -0.25) is 14.4 Å². The second-order valence-corrected chi connectivity index (χ2v) is 6.35. The highest BCUT2D eigenvalue weighted by Gasteiger charge is 2.22. The Hall–Kier alpha value is -3.86. The zero-order chi connectivity index (χ0) is 21.2. The van der Waals surface area contributed by atoms with E-state index in [2.05, 4.69) is 16.0 Å². The highest BCUT2D eigenvalue weighted by atomic mass is 16.3. The van der Waals surface area contributed by atoms with Crippen molar-refractivity contribution >= 4 is 23.4 Å². The molecule has 0 spiro atoms. The van der Waals surface area contributed by atoms with Gasteiger partial charge in [0.15, 0.2) is 0 Å². The summed E-state index contributed by atoms with van der Waals surface area (Å²) in [5.41, 5.74) is 1.65. The number of aromatic hydroxyl groups is 1. The number of carbonyl (C=O) groups is 3. The van der Waals surface area contributed by atoms with Crippen molar-refractivity contribution in [2.45, 2.75) is 25.8 Å². The molecule has 1 atom stereocenters. The lowest BCUT2D eigenvalue weighted by Gasteiger charge is -2.18. The molecule has 8 heteroatoms. The van der Waals surface area contributed by atoms with Gasteiger partial charge in [0, 0.05) is 31.1 Å². The summed E-state index contributed by atoms with van der Waals surface area (Å²) in [6, 6.07) is 13.7. The Bertz CT molecular complexity index is 902. The summed E-state index contributed by atoms with van der Waals surface area (Å²) in [6.07, 6.45) is 0.380. The summed E-state index contributed by atoms with van der Waals surface area (Å²) >= 11 is 0. The van der Waals surface area contributed by atoms with Crippen LogP contribution in [0.25, 0.3) is 0 Å². The van der Waals surface area contributed by atoms with Crippen LogP contribution >= 0.6 is 0 Å². The lowest BCUT2D eigenvalue weighted by atomic mass is 10.0. The quantitative estimate of drug-likeness (QED) is 0.506. The van der Waals surface area contributed by atoms with E-state index in [-0.39, 0.29) is 31.0 Å². The van der Waals surface area contributed by atoms with Gasteiger partial charge < -0.3 is 21.1 Å². The molecule has 29 heavy (non-hydrogen) atoms. The minimum absolute atomic E-state index is 0.104. The molecular formula is C21H22N4O4. The number of rotatable bonds is 8. The van der Waals surface area contributed by atoms with Gasteiger partial charge in [-0.1, -0.05) is 12.1 Å². The maximum Gasteiger partial charge on any atom is 0.251 e. The fourth-order valence-corrected chi connectivity index (χ4v) is 2.59. The predicted octanol–water partition coefficient (Wildman–Crippen LogP) is 1.72. The van der Waals surface area contributed by atoms with Crippen LogP contribution in [0.3, 0.4) is 0 Å². The van der Waals surface area contributed by atoms with Gasteiger partial charge in [-0.15, -0.1) is 0 Å². The molecular weight excluding hydrogens is 372 g/mol. The van der Waals surface area contributed by atoms with E-state index in [0.29, 0.717) is 11.3 Å². The number of anilines is 1. The Balaban J connectivity index is 2.11. The van der Waals surface area contributed by atoms with Gasteiger partial charge >= 0.3 is 0 Å². The molecule has 4 N–H and O–H groups in total. The minimum Gasteiger partial charge on any atom is -0.508 e. The highest BCUT2D eigenvalue weighted by Crippen LogP contribution is 2.13. The molecule has 0 aliphatic rings. The van der Waals surface area contributed by atoms with E-state index in [4.69, 9.17) is 5.26 Å². The standard InChI is InChI=1S/C21H22N4O4/c1-14(26)24-17-7-5-16(6-8-17)20(28)25-19(21(29)23-12-2-11-22)13-15-3-9-18(27)10-4-15/h3-10,19,27H,2,12-13H2,1H3,(H,23,29)(H,24,26)(H,25,28). The smallest absolute Gasteiger partial charge is 0.251 e. The van der Waals surface area contributed by atoms with Gasteiger partial charge in [-0.25, -0.2) is 0 Å². The molecule has 0 aliphatic heterocycles. The van der Waals surface area contributed by atoms with Crippen molar-refractivity contribution in [1.29, 1.82) is 5.26 Å². The van der Waals surface area contributed by atoms with Crippen molar-refractivity contribution in [2.24, 2.45) is 0 Å². The lowest BCUT2D eigenvalue weighted by molar-refractivity contribution is -0.123. The Morgan fingerprint density at radius 2 is 1.72 bits per heavy atom. The van der Waals surface area contributed by atoms with Crippen LogP contribution in [0.1, 0.15) is 29.3 Å². The van der Waals surface area contributed by atoms with E-state index in [1.54, 1.807) is 36.4 Å². The number of hydrogen-bond acceptors (Lipinski definition) is 5. The molecule has 8 nitrogen and oxygen atoms in total. The fourth-order valence-electron chi connectivity index (χ4n) is 2.59. The number of nitrogens with zero attached hydrogens (tertiary/aromatic N) is 1. The maximum absolute atomic E-state index is 12.6. The zero-order valence-corrected chi connectivity index (χ0v) is 15.9. The van der Waals surface area contributed by atoms with Crippen LogP contribution in [0.15, 0.2) is 48.5 Å². The van der Waals surface area contributed by atoms with Crippen LogP contribution in [-0.2, 0) is 16.0 Å². The Kier molecular flexibility index (Phi) is 7.74. The topological polar surface area (TPSA) is 131 Å². The number of amides is 3. The molecule has 0 aliphatic carbocycles. The molecule has 0 saturated heterocycles. The second kappa shape index (κ2) is 10.5. The van der Waals surface area contributed by atoms with E-state index >= 15 is 0 Å². The molecule has 1 unspecified atom stereocenters. The van der Waals surface area contributed by atoms with E-state index in [0.717, 1.165) is 5.56 Å². The third-order valence-electron chi connectivity index (χ3n) is 4.00. The molecule has 0 aromatic heterocycles. The van der Waals surface area contributed by atoms with Crippen LogP contribution < -0.4 is 16.0 Å². The molecule has 0 bridgehead atoms. The van der Waals surface area contributed by atoms with E-state index in [1.165, 1.54) is 19.1 Å². The molecule has 2 rings (SSSR count). The summed E-state index contributed by atoms with van der Waals surface area (Å²) in [7, 11) is 0. The predicted molar refractivity (Wildman–Crippen MR) is 107 cm³/mol. The zero-order valence-electron chi connectivity index (χ0n) is 15.9. The number of nitriles is 1. The maximum atomic E-state index is 12.6. The van der Waals surface area contributed by atoms with Crippen molar-refractivity contribution < 1.29 is 19.5 Å². The van der Waals surface area contributed by atoms with Gasteiger partial charge in [-0.2, -0.15) is 5.26 Å². The van der Waals surface area contributed by atoms with Crippen LogP contribution in [0.2, 0.25) is 0 Å². The first-order valence-corrected chi connectivity index (χ1v) is 9.00. The number of phenolic OH excluding ortho intramolecular Hbond substituents is 1. The van der Waals surface area contributed by atoms with E-state index in [9.17, 15) is 19.5 Å². The first kappa shape index (κ1) is 21.4. The van der Waals surface area contributed by atoms with Crippen molar-refractivity contribution in [1.82, 2.24) is 10.6 Å². The van der Waals surface area contributed by atoms with Gasteiger partial charge in [-0.05, 0) is 42.0 Å². The molecule has 150 valence electrons. The molecule has 0 radical (unpaired) electrons. The van der Waals surface area contributed by atoms with Gasteiger partial charge in [0.25, 0.3) is 5.91 Å². The van der Waals surface area contributed by atoms with Crippen molar-refractivity contribution in [3.63, 3.8) is 0 Å². The van der Waals surface area contributed by atoms with Crippen LogP contribution in [-0.4, -0.2) is 35.4 Å². The third-order valence-corrected chi connectivity index (χ3v) is 4.00. The number of carbonyl (C=O) groups excluding carboxylic acids is 3. The molecule has 0 saturated carbocycles. The number of nitrogens with one attached hydrogen (secondary N) is 3. The molecule has 0 heterocycles. The molecule has 0 fully saturated rings. The molecule has 2 aromatic rings. The summed E-state index contributed by atoms with van der Waals surface area (Å²) in [5.74, 6) is -0.965. The van der Waals surface area contributed by atoms with Crippen LogP contribution in [0, 0.1) is 11.3 Å². The Morgan fingerprint density at radius 1 is 1.07 bits per heavy atom. The Morgan fingerprint density at radius 3 is 2.31 bits per heavy atom. The normalized spacial score (nSPS) is 11.0. The highest BCUT2D eigenvalue weighted by molar-refractivity contribution is 5.98. The summed E-state index contributed by atoms with van der Waals surface area (Å²) in [4.78, 5) is 36.2.